The van der Waals surface area contributed by atoms with Crippen LogP contribution in [0.25, 0.3) is 0 Å². The molecule has 1 aliphatic heterocycles. The highest BCUT2D eigenvalue weighted by molar-refractivity contribution is 14.1. The molecular formula is C25H35IN8O. The quantitative estimate of drug-likeness (QED) is 0.158. The van der Waals surface area contributed by atoms with Crippen molar-refractivity contribution in [3.05, 3.63) is 21.8 Å². The molecule has 0 spiro atoms. The average Bonchev–Trinajstić information content (AvgIpc) is 3.28. The zero-order valence-electron chi connectivity index (χ0n) is 20.6. The van der Waals surface area contributed by atoms with Crippen molar-refractivity contribution in [3.8, 4) is 11.9 Å². The van der Waals surface area contributed by atoms with Gasteiger partial charge in [-0.1, -0.05) is 32.6 Å². The SMILES string of the molecule is CCC(Nc1nc(NC2CCCCCC2)nc(N(C#N)c2ccc(OC)c(I)c2)n1)C1CCCN1. The van der Waals surface area contributed by atoms with Crippen LogP contribution in [0.4, 0.5) is 23.5 Å². The van der Waals surface area contributed by atoms with Crippen LogP contribution in [0, 0.1) is 15.0 Å². The third kappa shape index (κ3) is 6.64. The second kappa shape index (κ2) is 12.5. The number of nitrogens with one attached hydrogen (secondary N) is 3. The Hall–Kier alpha value is -2.39. The summed E-state index contributed by atoms with van der Waals surface area (Å²) < 4.78 is 6.29. The van der Waals surface area contributed by atoms with E-state index in [-0.39, 0.29) is 6.04 Å². The maximum absolute atomic E-state index is 10.1. The maximum Gasteiger partial charge on any atom is 0.250 e. The van der Waals surface area contributed by atoms with Gasteiger partial charge in [-0.15, -0.1) is 0 Å². The van der Waals surface area contributed by atoms with Gasteiger partial charge in [0.25, 0.3) is 0 Å². The van der Waals surface area contributed by atoms with Crippen LogP contribution < -0.4 is 25.6 Å². The fraction of sp³-hybridized carbons (Fsp3) is 0.600. The van der Waals surface area contributed by atoms with Gasteiger partial charge < -0.3 is 20.7 Å². The van der Waals surface area contributed by atoms with Gasteiger partial charge in [0.05, 0.1) is 16.4 Å². The molecule has 2 fully saturated rings. The number of nitriles is 1. The number of anilines is 4. The summed E-state index contributed by atoms with van der Waals surface area (Å²) in [6.45, 7) is 3.21. The van der Waals surface area contributed by atoms with Gasteiger partial charge in [-0.25, -0.2) is 4.90 Å². The van der Waals surface area contributed by atoms with Crippen molar-refractivity contribution in [2.24, 2.45) is 0 Å². The molecule has 1 aliphatic carbocycles. The number of ether oxygens (including phenoxy) is 1. The molecule has 1 saturated carbocycles. The highest BCUT2D eigenvalue weighted by atomic mass is 127. The first-order chi connectivity index (χ1) is 17.1. The molecule has 2 aliphatic rings. The fourth-order valence-electron chi connectivity index (χ4n) is 4.92. The number of hydrogen-bond acceptors (Lipinski definition) is 9. The third-order valence-corrected chi connectivity index (χ3v) is 7.69. The summed E-state index contributed by atoms with van der Waals surface area (Å²) in [5.41, 5.74) is 0.680. The van der Waals surface area contributed by atoms with E-state index in [4.69, 9.17) is 14.7 Å². The van der Waals surface area contributed by atoms with Crippen molar-refractivity contribution in [2.45, 2.75) is 82.8 Å². The molecule has 188 valence electrons. The van der Waals surface area contributed by atoms with Gasteiger partial charge in [0, 0.05) is 18.1 Å². The van der Waals surface area contributed by atoms with Crippen molar-refractivity contribution in [1.82, 2.24) is 20.3 Å². The molecule has 35 heavy (non-hydrogen) atoms. The summed E-state index contributed by atoms with van der Waals surface area (Å²) in [6.07, 6.45) is 12.7. The summed E-state index contributed by atoms with van der Waals surface area (Å²) in [4.78, 5) is 15.6. The molecule has 0 bridgehead atoms. The monoisotopic (exact) mass is 590 g/mol. The molecule has 0 amide bonds. The van der Waals surface area contributed by atoms with Crippen molar-refractivity contribution < 1.29 is 4.74 Å². The van der Waals surface area contributed by atoms with Gasteiger partial charge >= 0.3 is 0 Å². The topological polar surface area (TPSA) is 111 Å². The van der Waals surface area contributed by atoms with Crippen molar-refractivity contribution >= 4 is 46.1 Å². The van der Waals surface area contributed by atoms with Crippen LogP contribution in [-0.4, -0.2) is 46.7 Å². The minimum atomic E-state index is 0.205. The molecule has 10 heteroatoms. The lowest BCUT2D eigenvalue weighted by atomic mass is 10.0. The zero-order chi connectivity index (χ0) is 24.6. The van der Waals surface area contributed by atoms with E-state index in [1.54, 1.807) is 7.11 Å². The van der Waals surface area contributed by atoms with E-state index in [0.717, 1.165) is 41.5 Å². The first kappa shape index (κ1) is 25.7. The van der Waals surface area contributed by atoms with Crippen LogP contribution in [0.5, 0.6) is 5.75 Å². The number of rotatable bonds is 9. The van der Waals surface area contributed by atoms with Gasteiger partial charge in [-0.3, -0.25) is 0 Å². The summed E-state index contributed by atoms with van der Waals surface area (Å²) >= 11 is 2.21. The Morgan fingerprint density at radius 3 is 2.54 bits per heavy atom. The molecule has 4 rings (SSSR count). The molecule has 2 atom stereocenters. The minimum absolute atomic E-state index is 0.205. The van der Waals surface area contributed by atoms with Gasteiger partial charge in [0.15, 0.2) is 6.19 Å². The van der Waals surface area contributed by atoms with E-state index >= 15 is 0 Å². The highest BCUT2D eigenvalue weighted by Gasteiger charge is 2.25. The standard InChI is InChI=1S/C25H35IN8O/c1-3-20(21-11-8-14-28-21)30-24-31-23(29-17-9-6-4-5-7-10-17)32-25(33-24)34(16-27)18-12-13-22(35-2)19(26)15-18/h12-13,15,17,20-21,28H,3-11,14H2,1-2H3,(H2,29,30,31,32,33). The van der Waals surface area contributed by atoms with Crippen LogP contribution in [-0.2, 0) is 0 Å². The second-order valence-electron chi connectivity index (χ2n) is 9.23. The Bertz CT molecular complexity index is 1020. The summed E-state index contributed by atoms with van der Waals surface area (Å²) in [5, 5.41) is 20.8. The van der Waals surface area contributed by atoms with E-state index in [2.05, 4.69) is 56.6 Å². The second-order valence-corrected chi connectivity index (χ2v) is 10.4. The summed E-state index contributed by atoms with van der Waals surface area (Å²) in [7, 11) is 1.64. The maximum atomic E-state index is 10.1. The lowest BCUT2D eigenvalue weighted by molar-refractivity contribution is 0.412. The fourth-order valence-corrected chi connectivity index (χ4v) is 5.64. The average molecular weight is 591 g/mol. The molecule has 1 aromatic heterocycles. The van der Waals surface area contributed by atoms with Crippen molar-refractivity contribution in [1.29, 1.82) is 5.26 Å². The van der Waals surface area contributed by atoms with E-state index in [0.29, 0.717) is 35.6 Å². The van der Waals surface area contributed by atoms with Gasteiger partial charge in [0.2, 0.25) is 17.8 Å². The number of aromatic nitrogens is 3. The van der Waals surface area contributed by atoms with Crippen molar-refractivity contribution in [2.75, 3.05) is 29.2 Å². The van der Waals surface area contributed by atoms with Crippen LogP contribution in [0.3, 0.4) is 0 Å². The Kier molecular flexibility index (Phi) is 9.20. The molecule has 2 aromatic rings. The van der Waals surface area contributed by atoms with Crippen LogP contribution >= 0.6 is 22.6 Å². The van der Waals surface area contributed by atoms with E-state index in [1.807, 2.05) is 18.2 Å². The van der Waals surface area contributed by atoms with Crippen LogP contribution in [0.15, 0.2) is 18.2 Å². The first-order valence-electron chi connectivity index (χ1n) is 12.7. The lowest BCUT2D eigenvalue weighted by Gasteiger charge is -2.25. The molecule has 2 heterocycles. The largest absolute Gasteiger partial charge is 0.496 e. The van der Waals surface area contributed by atoms with E-state index in [1.165, 1.54) is 37.0 Å². The number of benzene rings is 1. The third-order valence-electron chi connectivity index (χ3n) is 6.84. The molecular weight excluding hydrogens is 555 g/mol. The Labute approximate surface area is 221 Å². The molecule has 0 radical (unpaired) electrons. The zero-order valence-corrected chi connectivity index (χ0v) is 22.7. The van der Waals surface area contributed by atoms with Gasteiger partial charge in [0.1, 0.15) is 5.75 Å². The van der Waals surface area contributed by atoms with E-state index in [9.17, 15) is 5.26 Å². The molecule has 9 nitrogen and oxygen atoms in total. The number of methoxy groups -OCH3 is 1. The predicted molar refractivity (Wildman–Crippen MR) is 147 cm³/mol. The summed E-state index contributed by atoms with van der Waals surface area (Å²) in [6, 6.07) is 6.51. The summed E-state index contributed by atoms with van der Waals surface area (Å²) in [5.74, 6) is 2.07. The molecule has 2 unspecified atom stereocenters. The molecule has 3 N–H and O–H groups in total. The highest BCUT2D eigenvalue weighted by Crippen LogP contribution is 2.30. The normalized spacial score (nSPS) is 19.4. The van der Waals surface area contributed by atoms with E-state index < -0.39 is 0 Å². The Morgan fingerprint density at radius 2 is 1.91 bits per heavy atom. The smallest absolute Gasteiger partial charge is 0.250 e. The minimum Gasteiger partial charge on any atom is -0.496 e. The van der Waals surface area contributed by atoms with Crippen LogP contribution in [0.2, 0.25) is 0 Å². The Balaban J connectivity index is 1.66. The molecule has 1 aromatic carbocycles. The van der Waals surface area contributed by atoms with Crippen LogP contribution in [0.1, 0.15) is 64.7 Å². The number of nitrogens with zero attached hydrogens (tertiary/aromatic N) is 5. The number of halogens is 1. The first-order valence-corrected chi connectivity index (χ1v) is 13.7. The van der Waals surface area contributed by atoms with Crippen molar-refractivity contribution in [3.63, 3.8) is 0 Å². The van der Waals surface area contributed by atoms with Gasteiger partial charge in [-0.05, 0) is 79.4 Å². The number of hydrogen-bond donors (Lipinski definition) is 3. The lowest BCUT2D eigenvalue weighted by Crippen LogP contribution is -2.40. The molecule has 1 saturated heterocycles. The van der Waals surface area contributed by atoms with Gasteiger partial charge in [-0.2, -0.15) is 20.2 Å². The predicted octanol–water partition coefficient (Wildman–Crippen LogP) is 5.18. The Morgan fingerprint density at radius 1 is 1.14 bits per heavy atom.